The highest BCUT2D eigenvalue weighted by Crippen LogP contribution is 2.47. The van der Waals surface area contributed by atoms with E-state index >= 15 is 0 Å². The summed E-state index contributed by atoms with van der Waals surface area (Å²) in [6.45, 7) is 4.41. The van der Waals surface area contributed by atoms with Gasteiger partial charge < -0.3 is 15.0 Å². The number of amides is 2. The number of piperidine rings is 1. The summed E-state index contributed by atoms with van der Waals surface area (Å²) in [4.78, 5) is 25.8. The molecule has 5 nitrogen and oxygen atoms in total. The number of hydrogen-bond donors (Lipinski definition) is 1. The van der Waals surface area contributed by atoms with Gasteiger partial charge in [-0.05, 0) is 52.4 Å². The first-order valence-corrected chi connectivity index (χ1v) is 9.86. The standard InChI is InChI=1S/C19H29F5N2O3/c1-16(2,3)29-15(28)26-10-8-17(9-11-26,19(22,23)24)14(27)25-12-13-4-6-18(20,21)7-5-13/h13H,4-12H2,1-3H3,(H,25,27). The molecule has 0 aromatic heterocycles. The van der Waals surface area contributed by atoms with Crippen molar-refractivity contribution in [2.45, 2.75) is 77.0 Å². The molecule has 1 saturated carbocycles. The van der Waals surface area contributed by atoms with E-state index in [0.29, 0.717) is 0 Å². The Bertz CT molecular complexity index is 598. The molecule has 2 fully saturated rings. The van der Waals surface area contributed by atoms with Gasteiger partial charge >= 0.3 is 12.3 Å². The second-order valence-electron chi connectivity index (χ2n) is 9.06. The molecule has 1 N–H and O–H groups in total. The van der Waals surface area contributed by atoms with Crippen molar-refractivity contribution < 1.29 is 36.3 Å². The summed E-state index contributed by atoms with van der Waals surface area (Å²) >= 11 is 0. The van der Waals surface area contributed by atoms with Crippen molar-refractivity contribution >= 4 is 12.0 Å². The maximum atomic E-state index is 13.8. The van der Waals surface area contributed by atoms with Crippen LogP contribution in [0.25, 0.3) is 0 Å². The second kappa shape index (κ2) is 8.26. The van der Waals surface area contributed by atoms with Gasteiger partial charge in [-0.2, -0.15) is 13.2 Å². The molecule has 29 heavy (non-hydrogen) atoms. The number of nitrogens with zero attached hydrogens (tertiary/aromatic N) is 1. The number of halogens is 5. The van der Waals surface area contributed by atoms with Gasteiger partial charge in [0.15, 0.2) is 0 Å². The second-order valence-corrected chi connectivity index (χ2v) is 9.06. The van der Waals surface area contributed by atoms with Gasteiger partial charge in [0.05, 0.1) is 0 Å². The molecule has 1 heterocycles. The monoisotopic (exact) mass is 428 g/mol. The molecule has 168 valence electrons. The van der Waals surface area contributed by atoms with Crippen LogP contribution in [0.4, 0.5) is 26.7 Å². The third-order valence-corrected chi connectivity index (χ3v) is 5.63. The predicted octanol–water partition coefficient (Wildman–Crippen LogP) is 4.51. The summed E-state index contributed by atoms with van der Waals surface area (Å²) < 4.78 is 73.1. The van der Waals surface area contributed by atoms with Crippen LogP contribution in [-0.2, 0) is 9.53 Å². The zero-order chi connectivity index (χ0) is 22.1. The molecule has 1 saturated heterocycles. The van der Waals surface area contributed by atoms with Crippen LogP contribution in [0.5, 0.6) is 0 Å². The quantitative estimate of drug-likeness (QED) is 0.673. The van der Waals surface area contributed by atoms with Crippen molar-refractivity contribution in [3.8, 4) is 0 Å². The summed E-state index contributed by atoms with van der Waals surface area (Å²) in [7, 11) is 0. The first-order chi connectivity index (χ1) is 13.2. The lowest BCUT2D eigenvalue weighted by molar-refractivity contribution is -0.232. The van der Waals surface area contributed by atoms with E-state index in [2.05, 4.69) is 5.32 Å². The van der Waals surface area contributed by atoms with Gasteiger partial charge in [0, 0.05) is 32.5 Å². The van der Waals surface area contributed by atoms with Gasteiger partial charge in [-0.25, -0.2) is 13.6 Å². The fourth-order valence-electron chi connectivity index (χ4n) is 3.75. The number of alkyl halides is 5. The van der Waals surface area contributed by atoms with Gasteiger partial charge in [0.25, 0.3) is 0 Å². The first-order valence-electron chi connectivity index (χ1n) is 9.86. The minimum atomic E-state index is -4.78. The Morgan fingerprint density at radius 1 is 1.03 bits per heavy atom. The number of ether oxygens (including phenoxy) is 1. The van der Waals surface area contributed by atoms with E-state index < -0.39 is 48.0 Å². The van der Waals surface area contributed by atoms with Gasteiger partial charge in [0.2, 0.25) is 11.8 Å². The zero-order valence-corrected chi connectivity index (χ0v) is 17.0. The Morgan fingerprint density at radius 2 is 1.55 bits per heavy atom. The first kappa shape index (κ1) is 23.7. The maximum absolute atomic E-state index is 13.8. The molecule has 2 aliphatic rings. The highest BCUT2D eigenvalue weighted by atomic mass is 19.4. The summed E-state index contributed by atoms with van der Waals surface area (Å²) in [5.41, 5.74) is -3.37. The third-order valence-electron chi connectivity index (χ3n) is 5.63. The fraction of sp³-hybridized carbons (Fsp3) is 0.895. The van der Waals surface area contributed by atoms with Crippen molar-refractivity contribution in [1.29, 1.82) is 0 Å². The highest BCUT2D eigenvalue weighted by Gasteiger charge is 2.61. The van der Waals surface area contributed by atoms with E-state index in [0.717, 1.165) is 0 Å². The van der Waals surface area contributed by atoms with Crippen LogP contribution in [0.2, 0.25) is 0 Å². The zero-order valence-electron chi connectivity index (χ0n) is 17.0. The van der Waals surface area contributed by atoms with Gasteiger partial charge in [-0.1, -0.05) is 0 Å². The van der Waals surface area contributed by atoms with Crippen molar-refractivity contribution in [3.05, 3.63) is 0 Å². The van der Waals surface area contributed by atoms with E-state index in [1.165, 1.54) is 4.90 Å². The minimum Gasteiger partial charge on any atom is -0.444 e. The van der Waals surface area contributed by atoms with Crippen LogP contribution in [0, 0.1) is 11.3 Å². The molecule has 10 heteroatoms. The van der Waals surface area contributed by atoms with E-state index in [-0.39, 0.29) is 51.2 Å². The van der Waals surface area contributed by atoms with Crippen molar-refractivity contribution in [2.24, 2.45) is 11.3 Å². The molecular weight excluding hydrogens is 399 g/mol. The average Bonchev–Trinajstić information content (AvgIpc) is 2.58. The molecule has 2 amide bonds. The number of nitrogens with one attached hydrogen (secondary N) is 1. The molecule has 0 bridgehead atoms. The fourth-order valence-corrected chi connectivity index (χ4v) is 3.75. The Balaban J connectivity index is 1.97. The lowest BCUT2D eigenvalue weighted by Gasteiger charge is -2.42. The SMILES string of the molecule is CC(C)(C)OC(=O)N1CCC(C(=O)NCC2CCC(F)(F)CC2)(C(F)(F)F)CC1. The van der Waals surface area contributed by atoms with Gasteiger partial charge in [-0.3, -0.25) is 4.79 Å². The summed E-state index contributed by atoms with van der Waals surface area (Å²) in [5, 5.41) is 2.34. The Hall–Kier alpha value is -1.61. The predicted molar refractivity (Wildman–Crippen MR) is 95.4 cm³/mol. The molecule has 2 rings (SSSR count). The molecule has 0 aromatic carbocycles. The molecule has 0 aromatic rings. The molecule has 0 atom stereocenters. The van der Waals surface area contributed by atoms with E-state index in [1.807, 2.05) is 0 Å². The number of hydrogen-bond acceptors (Lipinski definition) is 3. The third kappa shape index (κ3) is 5.94. The molecule has 1 aliphatic carbocycles. The van der Waals surface area contributed by atoms with Crippen molar-refractivity contribution in [3.63, 3.8) is 0 Å². The average molecular weight is 428 g/mol. The van der Waals surface area contributed by atoms with E-state index in [4.69, 9.17) is 4.74 Å². The van der Waals surface area contributed by atoms with Crippen molar-refractivity contribution in [2.75, 3.05) is 19.6 Å². The largest absolute Gasteiger partial charge is 0.444 e. The summed E-state index contributed by atoms with van der Waals surface area (Å²) in [6.07, 6.45) is -6.93. The Labute approximate surface area is 167 Å². The Kier molecular flexibility index (Phi) is 6.74. The number of likely N-dealkylation sites (tertiary alicyclic amines) is 1. The summed E-state index contributed by atoms with van der Waals surface area (Å²) in [5.74, 6) is -4.14. The maximum Gasteiger partial charge on any atom is 0.410 e. The molecular formula is C19H29F5N2O3. The molecule has 1 aliphatic heterocycles. The normalized spacial score (nSPS) is 22.8. The highest BCUT2D eigenvalue weighted by molar-refractivity contribution is 5.84. The van der Waals surface area contributed by atoms with E-state index in [1.54, 1.807) is 20.8 Å². The topological polar surface area (TPSA) is 58.6 Å². The van der Waals surface area contributed by atoms with Crippen LogP contribution in [0.3, 0.4) is 0 Å². The molecule has 0 spiro atoms. The van der Waals surface area contributed by atoms with Crippen LogP contribution in [-0.4, -0.2) is 54.2 Å². The van der Waals surface area contributed by atoms with E-state index in [9.17, 15) is 31.5 Å². The van der Waals surface area contributed by atoms with Crippen LogP contribution in [0.15, 0.2) is 0 Å². The lowest BCUT2D eigenvalue weighted by atomic mass is 9.76. The van der Waals surface area contributed by atoms with Crippen LogP contribution >= 0.6 is 0 Å². The van der Waals surface area contributed by atoms with Gasteiger partial charge in [0.1, 0.15) is 11.0 Å². The smallest absolute Gasteiger partial charge is 0.410 e. The number of carbonyl (C=O) groups excluding carboxylic acids is 2. The number of rotatable bonds is 3. The summed E-state index contributed by atoms with van der Waals surface area (Å²) in [6, 6.07) is 0. The van der Waals surface area contributed by atoms with Crippen molar-refractivity contribution in [1.82, 2.24) is 10.2 Å². The van der Waals surface area contributed by atoms with Gasteiger partial charge in [-0.15, -0.1) is 0 Å². The number of carbonyl (C=O) groups is 2. The van der Waals surface area contributed by atoms with Crippen LogP contribution < -0.4 is 5.32 Å². The molecule has 0 unspecified atom stereocenters. The van der Waals surface area contributed by atoms with Crippen LogP contribution in [0.1, 0.15) is 59.3 Å². The minimum absolute atomic E-state index is 0.0531. The Morgan fingerprint density at radius 3 is 2.00 bits per heavy atom. The molecule has 0 radical (unpaired) electrons. The lowest BCUT2D eigenvalue weighted by Crippen LogP contribution is -2.57.